The molecule has 1 heterocycles. The molecule has 0 aliphatic rings. The van der Waals surface area contributed by atoms with Gasteiger partial charge in [-0.2, -0.15) is 0 Å². The standard InChI is InChI=1S/C10H14N2O3/c1-7(10(14)15)12(3)9(13)8-4-5-11(2)6-8/h4-7H,1-3H3,(H,14,15). The summed E-state index contributed by atoms with van der Waals surface area (Å²) >= 11 is 0. The molecule has 1 rings (SSSR count). The molecule has 1 amide bonds. The van der Waals surface area contributed by atoms with Gasteiger partial charge in [0.25, 0.3) is 5.91 Å². The summed E-state index contributed by atoms with van der Waals surface area (Å²) in [6.45, 7) is 1.48. The number of rotatable bonds is 3. The van der Waals surface area contributed by atoms with Crippen LogP contribution in [0.15, 0.2) is 18.5 Å². The minimum absolute atomic E-state index is 0.287. The largest absolute Gasteiger partial charge is 0.480 e. The summed E-state index contributed by atoms with van der Waals surface area (Å²) in [5.41, 5.74) is 0.494. The van der Waals surface area contributed by atoms with E-state index in [4.69, 9.17) is 5.11 Å². The predicted octanol–water partition coefficient (Wildman–Crippen LogP) is 0.570. The molecule has 0 aliphatic heterocycles. The lowest BCUT2D eigenvalue weighted by Crippen LogP contribution is -2.40. The maximum atomic E-state index is 11.8. The molecular formula is C10H14N2O3. The number of carbonyl (C=O) groups excluding carboxylic acids is 1. The Hall–Kier alpha value is -1.78. The van der Waals surface area contributed by atoms with Crippen LogP contribution in [-0.2, 0) is 11.8 Å². The third-order valence-electron chi connectivity index (χ3n) is 2.34. The van der Waals surface area contributed by atoms with E-state index in [1.54, 1.807) is 30.1 Å². The van der Waals surface area contributed by atoms with E-state index in [1.165, 1.54) is 18.9 Å². The number of likely N-dealkylation sites (N-methyl/N-ethyl adjacent to an activating group) is 1. The molecule has 15 heavy (non-hydrogen) atoms. The van der Waals surface area contributed by atoms with E-state index in [0.717, 1.165) is 0 Å². The van der Waals surface area contributed by atoms with Crippen LogP contribution < -0.4 is 0 Å². The number of nitrogens with zero attached hydrogens (tertiary/aromatic N) is 2. The Balaban J connectivity index is 2.81. The lowest BCUT2D eigenvalue weighted by molar-refractivity contribution is -0.141. The molecule has 0 spiro atoms. The molecular weight excluding hydrogens is 196 g/mol. The van der Waals surface area contributed by atoms with E-state index in [-0.39, 0.29) is 5.91 Å². The van der Waals surface area contributed by atoms with Gasteiger partial charge in [-0.05, 0) is 13.0 Å². The summed E-state index contributed by atoms with van der Waals surface area (Å²) < 4.78 is 1.74. The average molecular weight is 210 g/mol. The molecule has 1 N–H and O–H groups in total. The normalized spacial score (nSPS) is 12.2. The van der Waals surface area contributed by atoms with E-state index in [1.807, 2.05) is 0 Å². The first-order valence-corrected chi connectivity index (χ1v) is 4.55. The highest BCUT2D eigenvalue weighted by atomic mass is 16.4. The van der Waals surface area contributed by atoms with Crippen molar-refractivity contribution in [2.45, 2.75) is 13.0 Å². The van der Waals surface area contributed by atoms with E-state index >= 15 is 0 Å². The highest BCUT2D eigenvalue weighted by Gasteiger charge is 2.22. The lowest BCUT2D eigenvalue weighted by atomic mass is 10.2. The molecule has 0 aliphatic carbocycles. The van der Waals surface area contributed by atoms with Gasteiger partial charge in [0.05, 0.1) is 5.56 Å². The fourth-order valence-electron chi connectivity index (χ4n) is 1.18. The summed E-state index contributed by atoms with van der Waals surface area (Å²) in [5, 5.41) is 8.75. The summed E-state index contributed by atoms with van der Waals surface area (Å²) in [4.78, 5) is 23.6. The van der Waals surface area contributed by atoms with Crippen LogP contribution in [0.25, 0.3) is 0 Å². The summed E-state index contributed by atoms with van der Waals surface area (Å²) in [6, 6.07) is 0.839. The number of aliphatic carboxylic acids is 1. The van der Waals surface area contributed by atoms with Gasteiger partial charge in [-0.1, -0.05) is 0 Å². The van der Waals surface area contributed by atoms with Crippen molar-refractivity contribution in [3.05, 3.63) is 24.0 Å². The first kappa shape index (κ1) is 11.3. The second-order valence-electron chi connectivity index (χ2n) is 3.50. The average Bonchev–Trinajstić information content (AvgIpc) is 2.61. The van der Waals surface area contributed by atoms with Crippen molar-refractivity contribution in [1.82, 2.24) is 9.47 Å². The zero-order valence-electron chi connectivity index (χ0n) is 8.97. The SMILES string of the molecule is CC(C(=O)O)N(C)C(=O)c1ccn(C)c1. The predicted molar refractivity (Wildman–Crippen MR) is 54.6 cm³/mol. The number of carbonyl (C=O) groups is 2. The minimum atomic E-state index is -1.01. The molecule has 0 aromatic carbocycles. The Kier molecular flexibility index (Phi) is 3.14. The topological polar surface area (TPSA) is 62.5 Å². The molecule has 0 fully saturated rings. The quantitative estimate of drug-likeness (QED) is 0.793. The number of aromatic nitrogens is 1. The van der Waals surface area contributed by atoms with Crippen LogP contribution in [0.3, 0.4) is 0 Å². The molecule has 0 saturated heterocycles. The zero-order chi connectivity index (χ0) is 11.6. The first-order valence-electron chi connectivity index (χ1n) is 4.55. The summed E-state index contributed by atoms with van der Waals surface area (Å²) in [5.74, 6) is -1.30. The Morgan fingerprint density at radius 2 is 2.13 bits per heavy atom. The molecule has 0 radical (unpaired) electrons. The van der Waals surface area contributed by atoms with Crippen molar-refractivity contribution in [3.8, 4) is 0 Å². The van der Waals surface area contributed by atoms with E-state index in [2.05, 4.69) is 0 Å². The lowest BCUT2D eigenvalue weighted by Gasteiger charge is -2.20. The minimum Gasteiger partial charge on any atom is -0.480 e. The van der Waals surface area contributed by atoms with Crippen molar-refractivity contribution < 1.29 is 14.7 Å². The van der Waals surface area contributed by atoms with Crippen LogP contribution >= 0.6 is 0 Å². The Morgan fingerprint density at radius 1 is 1.53 bits per heavy atom. The van der Waals surface area contributed by atoms with Crippen molar-refractivity contribution >= 4 is 11.9 Å². The number of hydrogen-bond donors (Lipinski definition) is 1. The van der Waals surface area contributed by atoms with Crippen molar-refractivity contribution in [2.75, 3.05) is 7.05 Å². The molecule has 0 bridgehead atoms. The van der Waals surface area contributed by atoms with Crippen molar-refractivity contribution in [2.24, 2.45) is 7.05 Å². The first-order chi connectivity index (χ1) is 6.93. The van der Waals surface area contributed by atoms with Crippen LogP contribution in [0.5, 0.6) is 0 Å². The molecule has 0 saturated carbocycles. The van der Waals surface area contributed by atoms with Crippen molar-refractivity contribution in [1.29, 1.82) is 0 Å². The van der Waals surface area contributed by atoms with Gasteiger partial charge in [0.2, 0.25) is 0 Å². The van der Waals surface area contributed by atoms with Crippen LogP contribution in [0.2, 0.25) is 0 Å². The molecule has 1 aromatic rings. The van der Waals surface area contributed by atoms with Crippen molar-refractivity contribution in [3.63, 3.8) is 0 Å². The second kappa shape index (κ2) is 4.16. The maximum absolute atomic E-state index is 11.8. The zero-order valence-corrected chi connectivity index (χ0v) is 8.97. The van der Waals surface area contributed by atoms with Crippen LogP contribution in [0.4, 0.5) is 0 Å². The Bertz CT molecular complexity index is 384. The number of carboxylic acid groups (broad SMARTS) is 1. The van der Waals surface area contributed by atoms with Crippen LogP contribution in [-0.4, -0.2) is 39.5 Å². The monoisotopic (exact) mass is 210 g/mol. The van der Waals surface area contributed by atoms with Gasteiger partial charge in [0.1, 0.15) is 6.04 Å². The third kappa shape index (κ3) is 2.37. The van der Waals surface area contributed by atoms with E-state index in [9.17, 15) is 9.59 Å². The fraction of sp³-hybridized carbons (Fsp3) is 0.400. The number of aryl methyl sites for hydroxylation is 1. The summed E-state index contributed by atoms with van der Waals surface area (Å²) in [6.07, 6.45) is 3.40. The molecule has 1 aromatic heterocycles. The Labute approximate surface area is 87.9 Å². The van der Waals surface area contributed by atoms with Gasteiger partial charge >= 0.3 is 5.97 Å². The molecule has 82 valence electrons. The fourth-order valence-corrected chi connectivity index (χ4v) is 1.18. The van der Waals surface area contributed by atoms with Gasteiger partial charge in [-0.3, -0.25) is 4.79 Å². The number of hydrogen-bond acceptors (Lipinski definition) is 2. The number of carboxylic acids is 1. The van der Waals surface area contributed by atoms with Gasteiger partial charge in [0.15, 0.2) is 0 Å². The van der Waals surface area contributed by atoms with Crippen LogP contribution in [0.1, 0.15) is 17.3 Å². The molecule has 1 unspecified atom stereocenters. The highest BCUT2D eigenvalue weighted by Crippen LogP contribution is 2.06. The van der Waals surface area contributed by atoms with Gasteiger partial charge in [-0.15, -0.1) is 0 Å². The van der Waals surface area contributed by atoms with Crippen LogP contribution in [0, 0.1) is 0 Å². The highest BCUT2D eigenvalue weighted by molar-refractivity contribution is 5.96. The van der Waals surface area contributed by atoms with Gasteiger partial charge in [0, 0.05) is 26.5 Å². The maximum Gasteiger partial charge on any atom is 0.326 e. The van der Waals surface area contributed by atoms with E-state index in [0.29, 0.717) is 5.56 Å². The molecule has 5 heteroatoms. The third-order valence-corrected chi connectivity index (χ3v) is 2.34. The second-order valence-corrected chi connectivity index (χ2v) is 3.50. The number of amides is 1. The molecule has 5 nitrogen and oxygen atoms in total. The van der Waals surface area contributed by atoms with Gasteiger partial charge in [-0.25, -0.2) is 4.79 Å². The van der Waals surface area contributed by atoms with E-state index < -0.39 is 12.0 Å². The molecule has 1 atom stereocenters. The Morgan fingerprint density at radius 3 is 2.53 bits per heavy atom. The smallest absolute Gasteiger partial charge is 0.326 e. The van der Waals surface area contributed by atoms with Gasteiger partial charge < -0.3 is 14.6 Å². The summed E-state index contributed by atoms with van der Waals surface area (Å²) in [7, 11) is 3.28.